The number of amides is 2. The number of carbonyl (C=O) groups is 2. The molecular formula is C16H21N7O2. The van der Waals surface area contributed by atoms with Crippen molar-refractivity contribution in [3.8, 4) is 0 Å². The number of fused-ring (bicyclic) bond motifs is 1. The van der Waals surface area contributed by atoms with Crippen molar-refractivity contribution in [2.45, 2.75) is 25.8 Å². The number of aryl methyl sites for hydroxylation is 1. The first-order valence-corrected chi connectivity index (χ1v) is 8.50. The fraction of sp³-hybridized carbons (Fsp3) is 0.562. The van der Waals surface area contributed by atoms with E-state index in [2.05, 4.69) is 25.5 Å². The van der Waals surface area contributed by atoms with E-state index >= 15 is 0 Å². The number of likely N-dealkylation sites (N-methyl/N-ethyl adjacent to an activating group) is 1. The van der Waals surface area contributed by atoms with Gasteiger partial charge < -0.3 is 15.1 Å². The molecule has 0 bridgehead atoms. The number of rotatable bonds is 3. The second-order valence-corrected chi connectivity index (χ2v) is 6.76. The van der Waals surface area contributed by atoms with Crippen LogP contribution >= 0.6 is 0 Å². The quantitative estimate of drug-likeness (QED) is 0.815. The van der Waals surface area contributed by atoms with Crippen molar-refractivity contribution in [2.24, 2.45) is 5.92 Å². The number of nitrogens with one attached hydrogen (secondary N) is 1. The summed E-state index contributed by atoms with van der Waals surface area (Å²) in [6.45, 7) is 3.82. The van der Waals surface area contributed by atoms with Crippen LogP contribution in [-0.4, -0.2) is 69.2 Å². The SMILES string of the molecule is Cc1nnc2ccc(N3CC(N(C)C(=O)C4CCC(=O)NC4)C3)nn12. The Morgan fingerprint density at radius 3 is 2.84 bits per heavy atom. The predicted molar refractivity (Wildman–Crippen MR) is 90.0 cm³/mol. The van der Waals surface area contributed by atoms with Crippen molar-refractivity contribution >= 4 is 23.3 Å². The topological polar surface area (TPSA) is 95.7 Å². The highest BCUT2D eigenvalue weighted by atomic mass is 16.2. The molecule has 4 rings (SSSR count). The van der Waals surface area contributed by atoms with Crippen LogP contribution in [0.2, 0.25) is 0 Å². The van der Waals surface area contributed by atoms with Crippen molar-refractivity contribution in [1.82, 2.24) is 30.0 Å². The number of piperidine rings is 1. The second kappa shape index (κ2) is 5.98. The zero-order chi connectivity index (χ0) is 17.6. The van der Waals surface area contributed by atoms with Crippen molar-refractivity contribution in [2.75, 3.05) is 31.6 Å². The number of aromatic nitrogens is 4. The number of hydrogen-bond acceptors (Lipinski definition) is 6. The van der Waals surface area contributed by atoms with Gasteiger partial charge in [-0.25, -0.2) is 0 Å². The van der Waals surface area contributed by atoms with Gasteiger partial charge in [0.25, 0.3) is 0 Å². The van der Waals surface area contributed by atoms with Crippen LogP contribution in [0.4, 0.5) is 5.82 Å². The molecule has 132 valence electrons. The van der Waals surface area contributed by atoms with Crippen molar-refractivity contribution in [3.05, 3.63) is 18.0 Å². The molecule has 2 aliphatic rings. The molecule has 2 amide bonds. The summed E-state index contributed by atoms with van der Waals surface area (Å²) in [4.78, 5) is 27.8. The van der Waals surface area contributed by atoms with Gasteiger partial charge >= 0.3 is 0 Å². The Labute approximate surface area is 145 Å². The molecule has 2 fully saturated rings. The Morgan fingerprint density at radius 1 is 1.32 bits per heavy atom. The predicted octanol–water partition coefficient (Wildman–Crippen LogP) is -0.394. The fourth-order valence-electron chi connectivity index (χ4n) is 3.35. The van der Waals surface area contributed by atoms with Gasteiger partial charge in [-0.15, -0.1) is 15.3 Å². The van der Waals surface area contributed by atoms with Crippen molar-refractivity contribution < 1.29 is 9.59 Å². The van der Waals surface area contributed by atoms with Gasteiger partial charge in [0, 0.05) is 33.1 Å². The van der Waals surface area contributed by atoms with Crippen LogP contribution in [0.25, 0.3) is 5.65 Å². The van der Waals surface area contributed by atoms with E-state index in [1.54, 1.807) is 4.52 Å². The molecule has 9 heteroatoms. The monoisotopic (exact) mass is 343 g/mol. The first-order chi connectivity index (χ1) is 12.0. The maximum absolute atomic E-state index is 12.6. The standard InChI is InChI=1S/C16H21N7O2/c1-10-18-19-13-4-5-14(20-23(10)13)22-8-12(9-22)21(2)16(25)11-3-6-15(24)17-7-11/h4-5,11-12H,3,6-9H2,1-2H3,(H,17,24). The lowest BCUT2D eigenvalue weighted by Gasteiger charge is -2.45. The normalized spacial score (nSPS) is 21.1. The molecule has 0 aromatic carbocycles. The van der Waals surface area contributed by atoms with E-state index in [9.17, 15) is 9.59 Å². The van der Waals surface area contributed by atoms with Crippen LogP contribution < -0.4 is 10.2 Å². The van der Waals surface area contributed by atoms with Gasteiger partial charge in [-0.2, -0.15) is 4.52 Å². The van der Waals surface area contributed by atoms with Crippen LogP contribution in [0.1, 0.15) is 18.7 Å². The zero-order valence-electron chi connectivity index (χ0n) is 14.3. The van der Waals surface area contributed by atoms with Crippen LogP contribution in [0.3, 0.4) is 0 Å². The number of hydrogen-bond donors (Lipinski definition) is 1. The molecule has 2 aliphatic heterocycles. The van der Waals surface area contributed by atoms with E-state index in [4.69, 9.17) is 0 Å². The largest absolute Gasteiger partial charge is 0.355 e. The number of carbonyl (C=O) groups excluding carboxylic acids is 2. The minimum atomic E-state index is -0.106. The molecule has 1 atom stereocenters. The lowest BCUT2D eigenvalue weighted by atomic mass is 9.96. The molecule has 2 aromatic rings. The molecule has 9 nitrogen and oxygen atoms in total. The van der Waals surface area contributed by atoms with E-state index in [1.807, 2.05) is 31.0 Å². The minimum absolute atomic E-state index is 0.0345. The molecule has 0 radical (unpaired) electrons. The maximum atomic E-state index is 12.6. The van der Waals surface area contributed by atoms with Gasteiger partial charge in [-0.1, -0.05) is 0 Å². The first-order valence-electron chi connectivity index (χ1n) is 8.50. The Balaban J connectivity index is 1.38. The summed E-state index contributed by atoms with van der Waals surface area (Å²) in [5.74, 6) is 1.65. The molecule has 2 aromatic heterocycles. The smallest absolute Gasteiger partial charge is 0.227 e. The Kier molecular flexibility index (Phi) is 3.78. The van der Waals surface area contributed by atoms with E-state index < -0.39 is 0 Å². The third-order valence-corrected chi connectivity index (χ3v) is 5.10. The summed E-state index contributed by atoms with van der Waals surface area (Å²) in [6.07, 6.45) is 1.07. The summed E-state index contributed by atoms with van der Waals surface area (Å²) in [7, 11) is 1.85. The average Bonchev–Trinajstić information content (AvgIpc) is 2.94. The van der Waals surface area contributed by atoms with Crippen molar-refractivity contribution in [1.29, 1.82) is 0 Å². The number of nitrogens with zero attached hydrogens (tertiary/aromatic N) is 6. The van der Waals surface area contributed by atoms with Gasteiger partial charge in [0.2, 0.25) is 11.8 Å². The van der Waals surface area contributed by atoms with Gasteiger partial charge in [0.1, 0.15) is 5.82 Å². The molecule has 4 heterocycles. The third kappa shape index (κ3) is 2.79. The summed E-state index contributed by atoms with van der Waals surface area (Å²) in [5.41, 5.74) is 0.727. The van der Waals surface area contributed by atoms with Gasteiger partial charge in [0.05, 0.1) is 12.0 Å². The fourth-order valence-corrected chi connectivity index (χ4v) is 3.35. The second-order valence-electron chi connectivity index (χ2n) is 6.76. The molecule has 0 aliphatic carbocycles. The van der Waals surface area contributed by atoms with Gasteiger partial charge in [0.15, 0.2) is 11.5 Å². The highest BCUT2D eigenvalue weighted by Crippen LogP contribution is 2.23. The van der Waals surface area contributed by atoms with Crippen LogP contribution in [-0.2, 0) is 9.59 Å². The van der Waals surface area contributed by atoms with E-state index in [0.717, 1.165) is 30.4 Å². The van der Waals surface area contributed by atoms with Crippen LogP contribution in [0, 0.1) is 12.8 Å². The summed E-state index contributed by atoms with van der Waals surface area (Å²) < 4.78 is 1.72. The first kappa shape index (κ1) is 15.8. The summed E-state index contributed by atoms with van der Waals surface area (Å²) >= 11 is 0. The Bertz CT molecular complexity index is 817. The summed E-state index contributed by atoms with van der Waals surface area (Å²) in [5, 5.41) is 15.4. The third-order valence-electron chi connectivity index (χ3n) is 5.10. The molecule has 0 spiro atoms. The van der Waals surface area contributed by atoms with Crippen LogP contribution in [0.5, 0.6) is 0 Å². The van der Waals surface area contributed by atoms with E-state index in [0.29, 0.717) is 19.4 Å². The molecule has 2 saturated heterocycles. The van der Waals surface area contributed by atoms with Crippen LogP contribution in [0.15, 0.2) is 12.1 Å². The van der Waals surface area contributed by atoms with Gasteiger partial charge in [-0.3, -0.25) is 9.59 Å². The van der Waals surface area contributed by atoms with Crippen molar-refractivity contribution in [3.63, 3.8) is 0 Å². The van der Waals surface area contributed by atoms with Gasteiger partial charge in [-0.05, 0) is 25.5 Å². The molecule has 0 saturated carbocycles. The average molecular weight is 343 g/mol. The highest BCUT2D eigenvalue weighted by Gasteiger charge is 2.36. The molecule has 1 N–H and O–H groups in total. The lowest BCUT2D eigenvalue weighted by molar-refractivity contribution is -0.138. The molecular weight excluding hydrogens is 322 g/mol. The Morgan fingerprint density at radius 2 is 2.12 bits per heavy atom. The van der Waals surface area contributed by atoms with E-state index in [-0.39, 0.29) is 23.8 Å². The Hall–Kier alpha value is -2.71. The molecule has 1 unspecified atom stereocenters. The number of anilines is 1. The lowest BCUT2D eigenvalue weighted by Crippen LogP contribution is -2.61. The summed E-state index contributed by atoms with van der Waals surface area (Å²) in [6, 6.07) is 4.00. The maximum Gasteiger partial charge on any atom is 0.227 e. The van der Waals surface area contributed by atoms with E-state index in [1.165, 1.54) is 0 Å². The highest BCUT2D eigenvalue weighted by molar-refractivity contribution is 5.84. The molecule has 25 heavy (non-hydrogen) atoms. The zero-order valence-corrected chi connectivity index (χ0v) is 14.3. The minimum Gasteiger partial charge on any atom is -0.355 e.